The average Bonchev–Trinajstić information content (AvgIpc) is 3.17. The molecule has 0 radical (unpaired) electrons. The van der Waals surface area contributed by atoms with Crippen molar-refractivity contribution in [3.8, 4) is 0 Å². The summed E-state index contributed by atoms with van der Waals surface area (Å²) in [6.07, 6.45) is 3.94. The van der Waals surface area contributed by atoms with Crippen LogP contribution in [-0.2, 0) is 6.54 Å². The highest BCUT2D eigenvalue weighted by atomic mass is 32.1. The molecule has 0 aliphatic carbocycles. The fourth-order valence-electron chi connectivity index (χ4n) is 1.97. The van der Waals surface area contributed by atoms with Crippen molar-refractivity contribution in [1.82, 2.24) is 9.78 Å². The first kappa shape index (κ1) is 12.4. The molecule has 0 atom stereocenters. The van der Waals surface area contributed by atoms with Gasteiger partial charge in [0.15, 0.2) is 0 Å². The molecule has 0 aromatic carbocycles. The van der Waals surface area contributed by atoms with E-state index in [0.29, 0.717) is 0 Å². The quantitative estimate of drug-likeness (QED) is 0.762. The average molecular weight is 289 g/mol. The number of anilines is 1. The third-order valence-electron chi connectivity index (χ3n) is 2.92. The molecule has 1 N–H and O–H groups in total. The summed E-state index contributed by atoms with van der Waals surface area (Å²) in [5.41, 5.74) is 1.06. The molecular weight excluding hydrogens is 274 g/mol. The molecule has 0 saturated heterocycles. The summed E-state index contributed by atoms with van der Waals surface area (Å²) < 4.78 is 1.93. The highest BCUT2D eigenvalue weighted by Gasteiger charge is 2.16. The molecule has 19 heavy (non-hydrogen) atoms. The van der Waals surface area contributed by atoms with Crippen LogP contribution in [0.1, 0.15) is 22.7 Å². The van der Waals surface area contributed by atoms with E-state index in [-0.39, 0.29) is 6.04 Å². The first-order valence-corrected chi connectivity index (χ1v) is 7.98. The van der Waals surface area contributed by atoms with Crippen molar-refractivity contribution >= 4 is 28.4 Å². The fraction of sp³-hybridized carbons (Fsp3) is 0.214. The Morgan fingerprint density at radius 2 is 1.89 bits per heavy atom. The Kier molecular flexibility index (Phi) is 3.66. The van der Waals surface area contributed by atoms with Gasteiger partial charge in [-0.1, -0.05) is 12.1 Å². The summed E-state index contributed by atoms with van der Waals surface area (Å²) in [7, 11) is 0. The maximum Gasteiger partial charge on any atom is 0.0954 e. The molecule has 0 bridgehead atoms. The maximum atomic E-state index is 4.31. The molecule has 3 aromatic rings. The Labute approximate surface area is 120 Å². The van der Waals surface area contributed by atoms with Crippen LogP contribution in [0.25, 0.3) is 0 Å². The Morgan fingerprint density at radius 3 is 2.37 bits per heavy atom. The van der Waals surface area contributed by atoms with Gasteiger partial charge in [-0.2, -0.15) is 5.10 Å². The van der Waals surface area contributed by atoms with Gasteiger partial charge in [0.1, 0.15) is 0 Å². The third kappa shape index (κ3) is 2.72. The highest BCUT2D eigenvalue weighted by molar-refractivity contribution is 7.11. The second-order valence-corrected chi connectivity index (χ2v) is 6.15. The molecule has 0 unspecified atom stereocenters. The summed E-state index contributed by atoms with van der Waals surface area (Å²) in [6, 6.07) is 8.75. The second kappa shape index (κ2) is 5.59. The Hall–Kier alpha value is -1.59. The number of aryl methyl sites for hydroxylation is 1. The zero-order valence-electron chi connectivity index (χ0n) is 10.6. The zero-order valence-corrected chi connectivity index (χ0v) is 12.2. The van der Waals surface area contributed by atoms with Gasteiger partial charge in [-0.05, 0) is 29.8 Å². The molecule has 0 saturated carbocycles. The van der Waals surface area contributed by atoms with E-state index in [1.54, 1.807) is 22.7 Å². The lowest BCUT2D eigenvalue weighted by Crippen LogP contribution is -2.08. The molecule has 3 aromatic heterocycles. The molecule has 3 heterocycles. The summed E-state index contributed by atoms with van der Waals surface area (Å²) in [4.78, 5) is 2.65. The predicted octanol–water partition coefficient (Wildman–Crippen LogP) is 4.23. The predicted molar refractivity (Wildman–Crippen MR) is 82.0 cm³/mol. The van der Waals surface area contributed by atoms with Gasteiger partial charge in [0, 0.05) is 22.5 Å². The van der Waals surface area contributed by atoms with Crippen LogP contribution in [0.15, 0.2) is 47.4 Å². The van der Waals surface area contributed by atoms with E-state index in [9.17, 15) is 0 Å². The molecular formula is C14H15N3S2. The number of hydrogen-bond donors (Lipinski definition) is 1. The van der Waals surface area contributed by atoms with Crippen molar-refractivity contribution in [2.45, 2.75) is 19.5 Å². The fourth-order valence-corrected chi connectivity index (χ4v) is 3.63. The van der Waals surface area contributed by atoms with Crippen LogP contribution in [-0.4, -0.2) is 9.78 Å². The van der Waals surface area contributed by atoms with Crippen LogP contribution in [0.3, 0.4) is 0 Å². The normalized spacial score (nSPS) is 11.1. The summed E-state index contributed by atoms with van der Waals surface area (Å²) in [5, 5.41) is 12.1. The monoisotopic (exact) mass is 289 g/mol. The third-order valence-corrected chi connectivity index (χ3v) is 4.80. The van der Waals surface area contributed by atoms with Gasteiger partial charge in [-0.3, -0.25) is 4.68 Å². The molecule has 0 aliphatic rings. The van der Waals surface area contributed by atoms with E-state index in [4.69, 9.17) is 0 Å². The molecule has 5 heteroatoms. The molecule has 3 rings (SSSR count). The molecule has 0 spiro atoms. The molecule has 0 amide bonds. The standard InChI is InChI=1S/C14H15N3S2/c1-2-17-10-11(9-15-17)16-14(12-5-3-7-18-12)13-6-4-8-19-13/h3-10,14,16H,2H2,1H3. The van der Waals surface area contributed by atoms with Crippen LogP contribution in [0.4, 0.5) is 5.69 Å². The minimum Gasteiger partial charge on any atom is -0.370 e. The summed E-state index contributed by atoms with van der Waals surface area (Å²) in [6.45, 7) is 2.98. The largest absolute Gasteiger partial charge is 0.370 e. The van der Waals surface area contributed by atoms with E-state index >= 15 is 0 Å². The first-order chi connectivity index (χ1) is 9.36. The smallest absolute Gasteiger partial charge is 0.0954 e. The lowest BCUT2D eigenvalue weighted by Gasteiger charge is -2.15. The van der Waals surface area contributed by atoms with Crippen molar-refractivity contribution in [1.29, 1.82) is 0 Å². The summed E-state index contributed by atoms with van der Waals surface area (Å²) in [5.74, 6) is 0. The summed E-state index contributed by atoms with van der Waals surface area (Å²) >= 11 is 3.56. The van der Waals surface area contributed by atoms with Crippen molar-refractivity contribution in [3.63, 3.8) is 0 Å². The SMILES string of the molecule is CCn1cc(NC(c2cccs2)c2cccs2)cn1. The molecule has 98 valence electrons. The van der Waals surface area contributed by atoms with Crippen LogP contribution in [0.5, 0.6) is 0 Å². The van der Waals surface area contributed by atoms with E-state index < -0.39 is 0 Å². The van der Waals surface area contributed by atoms with Crippen molar-refractivity contribution in [3.05, 3.63) is 57.2 Å². The number of rotatable bonds is 5. The number of hydrogen-bond acceptors (Lipinski definition) is 4. The van der Waals surface area contributed by atoms with Gasteiger partial charge >= 0.3 is 0 Å². The van der Waals surface area contributed by atoms with Gasteiger partial charge in [0.25, 0.3) is 0 Å². The Balaban J connectivity index is 1.88. The zero-order chi connectivity index (χ0) is 13.1. The van der Waals surface area contributed by atoms with Crippen LogP contribution < -0.4 is 5.32 Å². The minimum atomic E-state index is 0.217. The van der Waals surface area contributed by atoms with E-state index in [1.807, 2.05) is 17.1 Å². The van der Waals surface area contributed by atoms with E-state index in [0.717, 1.165) is 12.2 Å². The molecule has 0 fully saturated rings. The Morgan fingerprint density at radius 1 is 1.21 bits per heavy atom. The van der Waals surface area contributed by atoms with Crippen molar-refractivity contribution in [2.75, 3.05) is 5.32 Å². The van der Waals surface area contributed by atoms with Crippen LogP contribution in [0.2, 0.25) is 0 Å². The molecule has 0 aliphatic heterocycles. The number of nitrogens with one attached hydrogen (secondary N) is 1. The molecule has 3 nitrogen and oxygen atoms in total. The number of nitrogens with zero attached hydrogens (tertiary/aromatic N) is 2. The highest BCUT2D eigenvalue weighted by Crippen LogP contribution is 2.32. The van der Waals surface area contributed by atoms with Gasteiger partial charge < -0.3 is 5.32 Å². The van der Waals surface area contributed by atoms with Gasteiger partial charge in [0.05, 0.1) is 17.9 Å². The van der Waals surface area contributed by atoms with Crippen molar-refractivity contribution in [2.24, 2.45) is 0 Å². The second-order valence-electron chi connectivity index (χ2n) is 4.19. The van der Waals surface area contributed by atoms with Crippen molar-refractivity contribution < 1.29 is 0 Å². The van der Waals surface area contributed by atoms with Crippen LogP contribution >= 0.6 is 22.7 Å². The first-order valence-electron chi connectivity index (χ1n) is 6.22. The number of aromatic nitrogens is 2. The van der Waals surface area contributed by atoms with E-state index in [1.165, 1.54) is 9.75 Å². The topological polar surface area (TPSA) is 29.9 Å². The lowest BCUT2D eigenvalue weighted by molar-refractivity contribution is 0.660. The number of thiophene rings is 2. The van der Waals surface area contributed by atoms with Gasteiger partial charge in [-0.15, -0.1) is 22.7 Å². The Bertz CT molecular complexity index is 577. The maximum absolute atomic E-state index is 4.31. The van der Waals surface area contributed by atoms with Gasteiger partial charge in [-0.25, -0.2) is 0 Å². The lowest BCUT2D eigenvalue weighted by atomic mass is 10.2. The van der Waals surface area contributed by atoms with E-state index in [2.05, 4.69) is 52.4 Å². The van der Waals surface area contributed by atoms with Crippen LogP contribution in [0, 0.1) is 0 Å². The van der Waals surface area contributed by atoms with Gasteiger partial charge in [0.2, 0.25) is 0 Å². The minimum absolute atomic E-state index is 0.217.